The number of hydrogen-bond donors (Lipinski definition) is 5. The molecule has 20 heteroatoms. The van der Waals surface area contributed by atoms with Crippen LogP contribution in [0.1, 0.15) is 111 Å². The molecule has 0 radical (unpaired) electrons. The topological polar surface area (TPSA) is 185 Å². The zero-order valence-electron chi connectivity index (χ0n) is 46.7. The van der Waals surface area contributed by atoms with Gasteiger partial charge in [-0.25, -0.2) is 13.9 Å². The molecule has 2 unspecified atom stereocenters. The van der Waals surface area contributed by atoms with Crippen LogP contribution in [0.5, 0.6) is 23.1 Å². The maximum Gasteiger partial charge on any atom is 0.265 e. The van der Waals surface area contributed by atoms with Gasteiger partial charge < -0.3 is 44.8 Å². The summed E-state index contributed by atoms with van der Waals surface area (Å²) >= 11 is 1.00. The predicted molar refractivity (Wildman–Crippen MR) is 311 cm³/mol. The molecule has 0 bridgehead atoms. The molecule has 4 aromatic heterocycles. The number of carbonyl (C=O) groups excluding carboxylic acids is 1. The van der Waals surface area contributed by atoms with Crippen molar-refractivity contribution in [1.82, 2.24) is 39.1 Å². The fourth-order valence-corrected chi connectivity index (χ4v) is 13.4. The molecule has 6 heterocycles. The van der Waals surface area contributed by atoms with Gasteiger partial charge in [0.2, 0.25) is 0 Å². The van der Waals surface area contributed by atoms with Crippen LogP contribution in [0.2, 0.25) is 0 Å². The van der Waals surface area contributed by atoms with E-state index in [1.54, 1.807) is 16.6 Å². The van der Waals surface area contributed by atoms with Gasteiger partial charge in [0.15, 0.2) is 17.1 Å². The average molecular weight is 1130 g/mol. The van der Waals surface area contributed by atoms with Crippen molar-refractivity contribution in [2.24, 2.45) is 11.3 Å². The van der Waals surface area contributed by atoms with E-state index in [0.717, 1.165) is 107 Å². The maximum absolute atomic E-state index is 15.0. The Hall–Kier alpha value is -6.81. The third kappa shape index (κ3) is 12.1. The minimum absolute atomic E-state index is 0.111. The summed E-state index contributed by atoms with van der Waals surface area (Å²) < 4.78 is 51.0. The van der Waals surface area contributed by atoms with Crippen LogP contribution in [-0.2, 0) is 6.54 Å². The Balaban J connectivity index is 0.795. The van der Waals surface area contributed by atoms with Gasteiger partial charge in [-0.15, -0.1) is 0 Å². The van der Waals surface area contributed by atoms with E-state index in [2.05, 4.69) is 89.5 Å². The van der Waals surface area contributed by atoms with Gasteiger partial charge in [-0.1, -0.05) is 56.8 Å². The second kappa shape index (κ2) is 23.6. The number of carbonyl (C=O) groups is 1. The molecule has 7 aromatic rings. The normalized spacial score (nSPS) is 21.5. The van der Waals surface area contributed by atoms with Crippen LogP contribution in [0.3, 0.4) is 0 Å². The number of H-pyrrole nitrogens is 1. The number of nitrogens with zero attached hydrogens (tertiary/aromatic N) is 7. The first-order chi connectivity index (χ1) is 39.1. The molecule has 3 aromatic carbocycles. The number of benzene rings is 3. The first kappa shape index (κ1) is 56.1. The molecular formula is C61H73F2N11O6S. The van der Waals surface area contributed by atoms with Crippen LogP contribution in [0.25, 0.3) is 16.7 Å². The highest BCUT2D eigenvalue weighted by Gasteiger charge is 2.50. The monoisotopic (exact) mass is 1130 g/mol. The van der Waals surface area contributed by atoms with Crippen molar-refractivity contribution >= 4 is 51.6 Å². The lowest BCUT2D eigenvalue weighted by molar-refractivity contribution is -0.750. The first-order valence-electron chi connectivity index (χ1n) is 28.2. The number of rotatable bonds is 19. The smallest absolute Gasteiger partial charge is 0.265 e. The number of piperidine rings is 1. The molecule has 428 valence electrons. The molecule has 3 atom stereocenters. The molecule has 2 saturated carbocycles. The van der Waals surface area contributed by atoms with Crippen LogP contribution >= 0.6 is 11.9 Å². The lowest BCUT2D eigenvalue weighted by Crippen LogP contribution is -2.98. The Morgan fingerprint density at radius 1 is 1.02 bits per heavy atom. The number of ether oxygens (including phenoxy) is 3. The molecule has 1 spiro atoms. The van der Waals surface area contributed by atoms with Crippen molar-refractivity contribution in [1.29, 1.82) is 0 Å². The number of aromatic amines is 1. The molecule has 11 rings (SSSR count). The SMILES string of the molecule is C=CC(F)Oc1ccc(CN2CCN(C3CC4(CCN(c5ccc(C(=O)NSc6cc([NH+](C)[O-])c(NCC7CCC(C)(O)CC7)c7ncnn67)c(Oc6cc7c(F)c[nH]c7nc6OC)c5)CC4)C3)[C@H](c3ccccc3C(C)C)C2)cc1. The van der Waals surface area contributed by atoms with E-state index in [0.29, 0.717) is 70.7 Å². The van der Waals surface area contributed by atoms with Crippen LogP contribution in [0, 0.1) is 22.4 Å². The second-order valence-corrected chi connectivity index (χ2v) is 24.0. The van der Waals surface area contributed by atoms with Gasteiger partial charge in [0.05, 0.1) is 30.7 Å². The van der Waals surface area contributed by atoms with Gasteiger partial charge in [-0.05, 0) is 123 Å². The number of hydroxylamine groups is 1. The van der Waals surface area contributed by atoms with E-state index in [1.807, 2.05) is 43.3 Å². The summed E-state index contributed by atoms with van der Waals surface area (Å²) in [6.45, 7) is 15.7. The molecule has 2 aliphatic carbocycles. The van der Waals surface area contributed by atoms with Crippen LogP contribution in [-0.4, -0.2) is 117 Å². The number of pyridine rings is 2. The molecular weight excluding hydrogens is 1050 g/mol. The zero-order valence-corrected chi connectivity index (χ0v) is 47.5. The van der Waals surface area contributed by atoms with Crippen molar-refractivity contribution in [2.75, 3.05) is 63.6 Å². The Morgan fingerprint density at radius 2 is 1.79 bits per heavy atom. The number of aliphatic hydroxyl groups is 1. The summed E-state index contributed by atoms with van der Waals surface area (Å²) in [5.41, 5.74) is 6.31. The zero-order chi connectivity index (χ0) is 56.6. The van der Waals surface area contributed by atoms with Crippen LogP contribution in [0.4, 0.5) is 25.8 Å². The minimum atomic E-state index is -1.54. The number of amides is 1. The van der Waals surface area contributed by atoms with E-state index in [1.165, 1.54) is 43.9 Å². The highest BCUT2D eigenvalue weighted by Crippen LogP contribution is 2.54. The van der Waals surface area contributed by atoms with Gasteiger partial charge in [0.25, 0.3) is 18.1 Å². The molecule has 81 heavy (non-hydrogen) atoms. The number of hydrogen-bond acceptors (Lipinski definition) is 14. The van der Waals surface area contributed by atoms with Crippen molar-refractivity contribution in [2.45, 2.75) is 114 Å². The fraction of sp³-hybridized carbons (Fsp3) is 0.443. The fourth-order valence-electron chi connectivity index (χ4n) is 12.7. The van der Waals surface area contributed by atoms with E-state index < -0.39 is 23.7 Å². The number of halogens is 2. The maximum atomic E-state index is 15.0. The number of piperazine rings is 1. The predicted octanol–water partition coefficient (Wildman–Crippen LogP) is 10.3. The number of quaternary nitrogens is 1. The molecule has 5 N–H and O–H groups in total. The summed E-state index contributed by atoms with van der Waals surface area (Å²) in [5, 5.41) is 32.2. The Morgan fingerprint density at radius 3 is 2.52 bits per heavy atom. The average Bonchev–Trinajstić information content (AvgIpc) is 4.16. The van der Waals surface area contributed by atoms with Gasteiger partial charge in [0.1, 0.15) is 40.0 Å². The largest absolute Gasteiger partial charge is 0.629 e. The minimum Gasteiger partial charge on any atom is -0.629 e. The van der Waals surface area contributed by atoms with E-state index in [-0.39, 0.29) is 44.8 Å². The summed E-state index contributed by atoms with van der Waals surface area (Å²) in [6.07, 6.45) is 9.66. The third-order valence-electron chi connectivity index (χ3n) is 17.3. The highest BCUT2D eigenvalue weighted by molar-refractivity contribution is 7.97. The van der Waals surface area contributed by atoms with Gasteiger partial charge in [-0.2, -0.15) is 14.5 Å². The summed E-state index contributed by atoms with van der Waals surface area (Å²) in [4.78, 5) is 34.0. The van der Waals surface area contributed by atoms with Gasteiger partial charge in [-0.3, -0.25) is 19.3 Å². The van der Waals surface area contributed by atoms with E-state index >= 15 is 4.39 Å². The second-order valence-electron chi connectivity index (χ2n) is 23.2. The molecule has 17 nitrogen and oxygen atoms in total. The number of alkyl halides is 1. The Labute approximate surface area is 475 Å². The molecule has 4 aliphatic rings. The summed E-state index contributed by atoms with van der Waals surface area (Å²) in [7, 11) is 2.95. The highest BCUT2D eigenvalue weighted by atomic mass is 32.2. The molecule has 4 fully saturated rings. The van der Waals surface area contributed by atoms with E-state index in [4.69, 9.17) is 14.2 Å². The number of fused-ring (bicyclic) bond motifs is 2. The van der Waals surface area contributed by atoms with Crippen LogP contribution in [0.15, 0.2) is 109 Å². The lowest BCUT2D eigenvalue weighted by Gasteiger charge is -2.58. The van der Waals surface area contributed by atoms with Crippen LogP contribution < -0.4 is 34.2 Å². The third-order valence-corrected chi connectivity index (χ3v) is 18.1. The molecule has 2 aliphatic heterocycles. The number of aromatic nitrogens is 5. The van der Waals surface area contributed by atoms with Gasteiger partial charge in [0, 0.05) is 99.9 Å². The van der Waals surface area contributed by atoms with E-state index in [9.17, 15) is 19.5 Å². The number of methoxy groups -OCH3 is 1. The standard InChI is InChI=1S/C61H73F2N11O6S/c1-7-53(63)79-43-15-12-40(13-16-43)35-71-26-27-73(50(36-71)45-11-9-8-10-44(45)38(2)3)42-31-61(32-42)22-24-72(25-23-61)41-14-17-46(51(28-41)80-52-29-47-48(62)34-65-56(47)68-59(52)78-6)58(75)69-81-54-30-49(70(5)77)55(57-66-37-67-74(54)57)64-33-39-18-20-60(4,76)21-19-39/h7-17,28-30,34,37-39,42,50,53,64,70,76H,1,18-27,31-33,35-36H2,2-6H3,(H,65,68)(H,69,75)/t39?,50-,53?,60?/m0/s1. The van der Waals surface area contributed by atoms with Crippen molar-refractivity contribution < 1.29 is 38.0 Å². The molecule has 2 saturated heterocycles. The number of nitrogens with one attached hydrogen (secondary N) is 4. The van der Waals surface area contributed by atoms with Crippen molar-refractivity contribution in [3.8, 4) is 23.1 Å². The molecule has 1 amide bonds. The Bertz CT molecular complexity index is 3370. The van der Waals surface area contributed by atoms with Gasteiger partial charge >= 0.3 is 0 Å². The van der Waals surface area contributed by atoms with Crippen molar-refractivity contribution in [3.63, 3.8) is 0 Å². The summed E-state index contributed by atoms with van der Waals surface area (Å²) in [5.74, 6) is 0.661. The summed E-state index contributed by atoms with van der Waals surface area (Å²) in [6, 6.07) is 26.1. The number of anilines is 2. The Kier molecular flexibility index (Phi) is 16.3. The lowest BCUT2D eigenvalue weighted by atomic mass is 9.59. The quantitative estimate of drug-likeness (QED) is 0.0293. The first-order valence-corrected chi connectivity index (χ1v) is 29.1. The van der Waals surface area contributed by atoms with Crippen molar-refractivity contribution in [3.05, 3.63) is 137 Å².